The highest BCUT2D eigenvalue weighted by atomic mass is 35.5. The number of nitrogens with one attached hydrogen (secondary N) is 1. The molecule has 2 aromatic rings. The number of amides is 2. The highest BCUT2D eigenvalue weighted by Crippen LogP contribution is 2.27. The third-order valence-corrected chi connectivity index (χ3v) is 4.81. The average Bonchev–Trinajstić information content (AvgIpc) is 2.70. The van der Waals surface area contributed by atoms with Gasteiger partial charge < -0.3 is 24.6 Å². The summed E-state index contributed by atoms with van der Waals surface area (Å²) in [4.78, 5) is 16.4. The Morgan fingerprint density at radius 3 is 2.56 bits per heavy atom. The second-order valence-corrected chi connectivity index (χ2v) is 6.81. The van der Waals surface area contributed by atoms with Crippen LogP contribution in [0.15, 0.2) is 42.5 Å². The monoisotopic (exact) mass is 389 g/mol. The van der Waals surface area contributed by atoms with Crippen molar-refractivity contribution in [2.45, 2.75) is 6.54 Å². The normalized spacial score (nSPS) is 14.0. The van der Waals surface area contributed by atoms with Crippen molar-refractivity contribution in [2.75, 3.05) is 50.7 Å². The Morgan fingerprint density at radius 1 is 1.22 bits per heavy atom. The van der Waals surface area contributed by atoms with E-state index in [0.29, 0.717) is 23.0 Å². The van der Waals surface area contributed by atoms with Crippen LogP contribution in [0, 0.1) is 0 Å². The van der Waals surface area contributed by atoms with Crippen LogP contribution in [0.4, 0.5) is 16.2 Å². The molecule has 3 rings (SSSR count). The summed E-state index contributed by atoms with van der Waals surface area (Å²) >= 11 is 6.18. The Morgan fingerprint density at radius 2 is 1.93 bits per heavy atom. The summed E-state index contributed by atoms with van der Waals surface area (Å²) in [5, 5.41) is 3.26. The van der Waals surface area contributed by atoms with Gasteiger partial charge in [-0.05, 0) is 29.8 Å². The van der Waals surface area contributed by atoms with Gasteiger partial charge in [-0.1, -0.05) is 23.7 Å². The molecule has 1 fully saturated rings. The molecule has 2 aromatic carbocycles. The number of ether oxygens (including phenoxy) is 2. The van der Waals surface area contributed by atoms with Crippen molar-refractivity contribution >= 4 is 29.0 Å². The lowest BCUT2D eigenvalue weighted by Crippen LogP contribution is -2.36. The fraction of sp³-hybridized carbons (Fsp3) is 0.350. The minimum Gasteiger partial charge on any atom is -0.497 e. The van der Waals surface area contributed by atoms with Crippen molar-refractivity contribution in [3.63, 3.8) is 0 Å². The molecule has 0 bridgehead atoms. The van der Waals surface area contributed by atoms with Crippen LogP contribution in [0.5, 0.6) is 5.75 Å². The van der Waals surface area contributed by atoms with E-state index in [-0.39, 0.29) is 6.03 Å². The van der Waals surface area contributed by atoms with Gasteiger partial charge in [-0.3, -0.25) is 0 Å². The van der Waals surface area contributed by atoms with E-state index in [0.717, 1.165) is 31.9 Å². The molecule has 144 valence electrons. The number of carbonyl (C=O) groups is 1. The first kappa shape index (κ1) is 19.3. The van der Waals surface area contributed by atoms with Gasteiger partial charge in [-0.25, -0.2) is 4.79 Å². The van der Waals surface area contributed by atoms with Crippen molar-refractivity contribution < 1.29 is 14.3 Å². The number of carbonyl (C=O) groups excluding carboxylic acids is 1. The molecule has 1 aliphatic rings. The molecule has 0 radical (unpaired) electrons. The number of hydrogen-bond acceptors (Lipinski definition) is 4. The first-order valence-electron chi connectivity index (χ1n) is 8.84. The number of urea groups is 1. The highest BCUT2D eigenvalue weighted by molar-refractivity contribution is 6.33. The lowest BCUT2D eigenvalue weighted by Gasteiger charge is -2.29. The molecule has 0 atom stereocenters. The van der Waals surface area contributed by atoms with Crippen molar-refractivity contribution in [1.29, 1.82) is 0 Å². The molecule has 1 saturated heterocycles. The largest absolute Gasteiger partial charge is 0.497 e. The maximum atomic E-state index is 12.4. The van der Waals surface area contributed by atoms with Gasteiger partial charge in [0.25, 0.3) is 0 Å². The molecule has 6 nitrogen and oxygen atoms in total. The van der Waals surface area contributed by atoms with Crippen molar-refractivity contribution in [2.24, 2.45) is 0 Å². The SMILES string of the molecule is COc1ccc(NC(=O)N(C)Cc2ccc(N3CCOCC3)cc2)c(Cl)c1. The quantitative estimate of drug-likeness (QED) is 0.843. The van der Waals surface area contributed by atoms with Crippen LogP contribution in [0.1, 0.15) is 5.56 Å². The molecule has 1 N–H and O–H groups in total. The van der Waals surface area contributed by atoms with Crippen molar-refractivity contribution in [3.05, 3.63) is 53.1 Å². The molecule has 27 heavy (non-hydrogen) atoms. The van der Waals surface area contributed by atoms with E-state index in [1.54, 1.807) is 37.3 Å². The molecular weight excluding hydrogens is 366 g/mol. The number of benzene rings is 2. The molecule has 1 aliphatic heterocycles. The maximum Gasteiger partial charge on any atom is 0.321 e. The third-order valence-electron chi connectivity index (χ3n) is 4.50. The Balaban J connectivity index is 1.57. The Bertz CT molecular complexity index is 777. The molecule has 7 heteroatoms. The van der Waals surface area contributed by atoms with E-state index < -0.39 is 0 Å². The van der Waals surface area contributed by atoms with E-state index in [2.05, 4.69) is 34.5 Å². The predicted octanol–water partition coefficient (Wildman–Crippen LogP) is 3.85. The molecule has 1 heterocycles. The van der Waals surface area contributed by atoms with Crippen molar-refractivity contribution in [3.8, 4) is 5.75 Å². The van der Waals surface area contributed by atoms with Gasteiger partial charge in [0, 0.05) is 38.4 Å². The minimum atomic E-state index is -0.223. The summed E-state index contributed by atoms with van der Waals surface area (Å²) in [6.45, 7) is 3.84. The summed E-state index contributed by atoms with van der Waals surface area (Å²) < 4.78 is 10.5. The zero-order valence-corrected chi connectivity index (χ0v) is 16.3. The predicted molar refractivity (Wildman–Crippen MR) is 108 cm³/mol. The summed E-state index contributed by atoms with van der Waals surface area (Å²) in [5.74, 6) is 0.645. The fourth-order valence-electron chi connectivity index (χ4n) is 2.91. The van der Waals surface area contributed by atoms with E-state index in [1.807, 2.05) is 0 Å². The van der Waals surface area contributed by atoms with Crippen LogP contribution in [-0.2, 0) is 11.3 Å². The molecule has 0 aromatic heterocycles. The second kappa shape index (κ2) is 8.97. The third kappa shape index (κ3) is 5.05. The minimum absolute atomic E-state index is 0.223. The Labute approximate surface area is 164 Å². The number of rotatable bonds is 5. The summed E-state index contributed by atoms with van der Waals surface area (Å²) in [6.07, 6.45) is 0. The van der Waals surface area contributed by atoms with E-state index in [9.17, 15) is 4.79 Å². The van der Waals surface area contributed by atoms with Gasteiger partial charge in [0.05, 0.1) is 31.0 Å². The molecule has 0 unspecified atom stereocenters. The smallest absolute Gasteiger partial charge is 0.321 e. The van der Waals surface area contributed by atoms with Gasteiger partial charge >= 0.3 is 6.03 Å². The van der Waals surface area contributed by atoms with Gasteiger partial charge in [-0.15, -0.1) is 0 Å². The van der Waals surface area contributed by atoms with Crippen LogP contribution in [-0.4, -0.2) is 51.4 Å². The van der Waals surface area contributed by atoms with Crippen LogP contribution in [0.25, 0.3) is 0 Å². The first-order chi connectivity index (χ1) is 13.1. The standard InChI is InChI=1S/C20H24ClN3O3/c1-23(20(25)22-19-8-7-17(26-2)13-18(19)21)14-15-3-5-16(6-4-15)24-9-11-27-12-10-24/h3-8,13H,9-12,14H2,1-2H3,(H,22,25). The van der Waals surface area contributed by atoms with Gasteiger partial charge in [0.15, 0.2) is 0 Å². The summed E-state index contributed by atoms with van der Waals surface area (Å²) in [7, 11) is 3.32. The number of halogens is 1. The van der Waals surface area contributed by atoms with Crippen LogP contribution >= 0.6 is 11.6 Å². The molecule has 2 amide bonds. The van der Waals surface area contributed by atoms with Crippen LogP contribution in [0.3, 0.4) is 0 Å². The van der Waals surface area contributed by atoms with Gasteiger partial charge in [-0.2, -0.15) is 0 Å². The van der Waals surface area contributed by atoms with Gasteiger partial charge in [0.1, 0.15) is 5.75 Å². The lowest BCUT2D eigenvalue weighted by atomic mass is 10.2. The van der Waals surface area contributed by atoms with E-state index >= 15 is 0 Å². The summed E-state index contributed by atoms with van der Waals surface area (Å²) in [6, 6.07) is 13.2. The number of anilines is 2. The zero-order chi connectivity index (χ0) is 19.2. The van der Waals surface area contributed by atoms with Gasteiger partial charge in [0.2, 0.25) is 0 Å². The lowest BCUT2D eigenvalue weighted by molar-refractivity contribution is 0.122. The Hall–Kier alpha value is -2.44. The maximum absolute atomic E-state index is 12.4. The highest BCUT2D eigenvalue weighted by Gasteiger charge is 2.13. The number of hydrogen-bond donors (Lipinski definition) is 1. The van der Waals surface area contributed by atoms with Crippen LogP contribution in [0.2, 0.25) is 5.02 Å². The molecule has 0 aliphatic carbocycles. The average molecular weight is 390 g/mol. The van der Waals surface area contributed by atoms with Crippen LogP contribution < -0.4 is 15.0 Å². The Kier molecular flexibility index (Phi) is 6.42. The van der Waals surface area contributed by atoms with E-state index in [4.69, 9.17) is 21.1 Å². The number of nitrogens with zero attached hydrogens (tertiary/aromatic N) is 2. The second-order valence-electron chi connectivity index (χ2n) is 6.40. The number of morpholine rings is 1. The van der Waals surface area contributed by atoms with Crippen molar-refractivity contribution in [1.82, 2.24) is 4.90 Å². The first-order valence-corrected chi connectivity index (χ1v) is 9.22. The van der Waals surface area contributed by atoms with E-state index in [1.165, 1.54) is 5.69 Å². The molecule has 0 saturated carbocycles. The summed E-state index contributed by atoms with van der Waals surface area (Å²) in [5.41, 5.74) is 2.79. The number of methoxy groups -OCH3 is 1. The fourth-order valence-corrected chi connectivity index (χ4v) is 3.13. The zero-order valence-electron chi connectivity index (χ0n) is 15.6. The topological polar surface area (TPSA) is 54.0 Å². The molecule has 0 spiro atoms. The molecular formula is C20H24ClN3O3.